The minimum Gasteiger partial charge on any atom is -0.478 e. The SMILES string of the molecule is CCC(=Cc1ccc(Cc2cccnc2)cc1)C(=O)O. The number of hydrogen-bond acceptors (Lipinski definition) is 2. The molecule has 20 heavy (non-hydrogen) atoms. The Morgan fingerprint density at radius 1 is 1.20 bits per heavy atom. The van der Waals surface area contributed by atoms with Crippen LogP contribution in [0, 0.1) is 0 Å². The van der Waals surface area contributed by atoms with Gasteiger partial charge in [0.15, 0.2) is 0 Å². The van der Waals surface area contributed by atoms with E-state index in [0.29, 0.717) is 12.0 Å². The van der Waals surface area contributed by atoms with E-state index in [1.54, 1.807) is 12.3 Å². The van der Waals surface area contributed by atoms with Gasteiger partial charge in [-0.1, -0.05) is 37.3 Å². The Labute approximate surface area is 118 Å². The van der Waals surface area contributed by atoms with E-state index < -0.39 is 5.97 Å². The zero-order valence-corrected chi connectivity index (χ0v) is 11.4. The highest BCUT2D eigenvalue weighted by Crippen LogP contribution is 2.13. The summed E-state index contributed by atoms with van der Waals surface area (Å²) in [5.74, 6) is -0.855. The molecule has 0 saturated heterocycles. The van der Waals surface area contributed by atoms with Crippen LogP contribution in [0.4, 0.5) is 0 Å². The first-order valence-electron chi connectivity index (χ1n) is 6.60. The van der Waals surface area contributed by atoms with Gasteiger partial charge in [0.1, 0.15) is 0 Å². The third-order valence-electron chi connectivity index (χ3n) is 3.11. The number of nitrogens with zero attached hydrogens (tertiary/aromatic N) is 1. The van der Waals surface area contributed by atoms with Crippen molar-refractivity contribution in [1.29, 1.82) is 0 Å². The monoisotopic (exact) mass is 267 g/mol. The maximum atomic E-state index is 11.0. The van der Waals surface area contributed by atoms with E-state index in [-0.39, 0.29) is 0 Å². The number of carbonyl (C=O) groups is 1. The lowest BCUT2D eigenvalue weighted by molar-refractivity contribution is -0.132. The van der Waals surface area contributed by atoms with Crippen LogP contribution in [0.5, 0.6) is 0 Å². The van der Waals surface area contributed by atoms with Gasteiger partial charge in [0, 0.05) is 18.0 Å². The summed E-state index contributed by atoms with van der Waals surface area (Å²) in [5.41, 5.74) is 3.68. The van der Waals surface area contributed by atoms with E-state index in [9.17, 15) is 4.79 Å². The standard InChI is InChI=1S/C17H17NO2/c1-2-16(17(19)20)11-14-7-5-13(6-8-14)10-15-4-3-9-18-12-15/h3-9,11-12H,2,10H2,1H3,(H,19,20). The van der Waals surface area contributed by atoms with Gasteiger partial charge in [-0.2, -0.15) is 0 Å². The van der Waals surface area contributed by atoms with Gasteiger partial charge in [-0.15, -0.1) is 0 Å². The van der Waals surface area contributed by atoms with Gasteiger partial charge < -0.3 is 5.11 Å². The van der Waals surface area contributed by atoms with E-state index >= 15 is 0 Å². The van der Waals surface area contributed by atoms with Crippen LogP contribution in [0.1, 0.15) is 30.0 Å². The summed E-state index contributed by atoms with van der Waals surface area (Å²) >= 11 is 0. The third kappa shape index (κ3) is 3.79. The lowest BCUT2D eigenvalue weighted by Gasteiger charge is -2.03. The average Bonchev–Trinajstić information content (AvgIpc) is 2.47. The molecule has 0 amide bonds. The average molecular weight is 267 g/mol. The Kier molecular flexibility index (Phi) is 4.66. The van der Waals surface area contributed by atoms with E-state index in [4.69, 9.17) is 5.11 Å². The van der Waals surface area contributed by atoms with Crippen molar-refractivity contribution in [3.05, 3.63) is 71.1 Å². The molecule has 3 nitrogen and oxygen atoms in total. The van der Waals surface area contributed by atoms with Crippen molar-refractivity contribution in [3.8, 4) is 0 Å². The zero-order valence-electron chi connectivity index (χ0n) is 11.4. The molecule has 0 aliphatic carbocycles. The highest BCUT2D eigenvalue weighted by molar-refractivity contribution is 5.92. The second kappa shape index (κ2) is 6.66. The van der Waals surface area contributed by atoms with Crippen molar-refractivity contribution in [2.75, 3.05) is 0 Å². The summed E-state index contributed by atoms with van der Waals surface area (Å²) in [6.07, 6.45) is 6.68. The summed E-state index contributed by atoms with van der Waals surface area (Å²) in [4.78, 5) is 15.1. The maximum Gasteiger partial charge on any atom is 0.331 e. The molecule has 102 valence electrons. The highest BCUT2D eigenvalue weighted by Gasteiger charge is 2.04. The van der Waals surface area contributed by atoms with Crippen LogP contribution in [0.2, 0.25) is 0 Å². The first kappa shape index (κ1) is 14.0. The molecule has 1 aromatic heterocycles. The van der Waals surface area contributed by atoms with E-state index in [2.05, 4.69) is 4.98 Å². The molecule has 1 N–H and O–H groups in total. The second-order valence-corrected chi connectivity index (χ2v) is 4.61. The molecule has 1 aromatic carbocycles. The van der Waals surface area contributed by atoms with Crippen LogP contribution in [0.15, 0.2) is 54.4 Å². The summed E-state index contributed by atoms with van der Waals surface area (Å²) in [5, 5.41) is 9.01. The molecule has 0 aliphatic heterocycles. The number of carboxylic acid groups (broad SMARTS) is 1. The molecule has 0 fully saturated rings. The summed E-state index contributed by atoms with van der Waals surface area (Å²) < 4.78 is 0. The zero-order chi connectivity index (χ0) is 14.4. The van der Waals surface area contributed by atoms with Crippen molar-refractivity contribution >= 4 is 12.0 Å². The molecule has 0 radical (unpaired) electrons. The lowest BCUT2D eigenvalue weighted by Crippen LogP contribution is -1.98. The number of hydrogen-bond donors (Lipinski definition) is 1. The van der Waals surface area contributed by atoms with Crippen LogP contribution in [0.3, 0.4) is 0 Å². The summed E-state index contributed by atoms with van der Waals surface area (Å²) in [7, 11) is 0. The molecule has 2 rings (SSSR count). The fourth-order valence-electron chi connectivity index (χ4n) is 1.99. The first-order valence-corrected chi connectivity index (χ1v) is 6.60. The maximum absolute atomic E-state index is 11.0. The van der Waals surface area contributed by atoms with Crippen LogP contribution >= 0.6 is 0 Å². The normalized spacial score (nSPS) is 11.3. The predicted octanol–water partition coefficient (Wildman–Crippen LogP) is 3.55. The van der Waals surface area contributed by atoms with Crippen molar-refractivity contribution < 1.29 is 9.90 Å². The van der Waals surface area contributed by atoms with Gasteiger partial charge in [-0.3, -0.25) is 4.98 Å². The number of rotatable bonds is 5. The molecular formula is C17H17NO2. The van der Waals surface area contributed by atoms with E-state index in [1.165, 1.54) is 5.56 Å². The number of aromatic nitrogens is 1. The Balaban J connectivity index is 2.12. The lowest BCUT2D eigenvalue weighted by atomic mass is 10.0. The molecule has 0 aliphatic rings. The molecular weight excluding hydrogens is 250 g/mol. The molecule has 0 spiro atoms. The topological polar surface area (TPSA) is 50.2 Å². The molecule has 0 saturated carbocycles. The minimum absolute atomic E-state index is 0.421. The molecule has 2 aromatic rings. The van der Waals surface area contributed by atoms with Crippen LogP contribution in [-0.4, -0.2) is 16.1 Å². The van der Waals surface area contributed by atoms with Crippen molar-refractivity contribution in [2.45, 2.75) is 19.8 Å². The quantitative estimate of drug-likeness (QED) is 0.843. The second-order valence-electron chi connectivity index (χ2n) is 4.61. The number of pyridine rings is 1. The van der Waals surface area contributed by atoms with Crippen molar-refractivity contribution in [2.24, 2.45) is 0 Å². The Bertz CT molecular complexity index is 601. The molecule has 3 heteroatoms. The Hall–Kier alpha value is -2.42. The van der Waals surface area contributed by atoms with Crippen LogP contribution in [0.25, 0.3) is 6.08 Å². The van der Waals surface area contributed by atoms with Crippen LogP contribution in [-0.2, 0) is 11.2 Å². The van der Waals surface area contributed by atoms with Crippen molar-refractivity contribution in [3.63, 3.8) is 0 Å². The molecule has 0 atom stereocenters. The van der Waals surface area contributed by atoms with Gasteiger partial charge in [-0.05, 0) is 41.7 Å². The van der Waals surface area contributed by atoms with E-state index in [1.807, 2.05) is 49.5 Å². The van der Waals surface area contributed by atoms with Gasteiger partial charge >= 0.3 is 5.97 Å². The summed E-state index contributed by atoms with van der Waals surface area (Å²) in [6, 6.07) is 11.9. The third-order valence-corrected chi connectivity index (χ3v) is 3.11. The highest BCUT2D eigenvalue weighted by atomic mass is 16.4. The minimum atomic E-state index is -0.855. The smallest absolute Gasteiger partial charge is 0.331 e. The number of benzene rings is 1. The Morgan fingerprint density at radius 2 is 1.95 bits per heavy atom. The molecule has 0 bridgehead atoms. The van der Waals surface area contributed by atoms with Crippen molar-refractivity contribution in [1.82, 2.24) is 4.98 Å². The van der Waals surface area contributed by atoms with Gasteiger partial charge in [-0.25, -0.2) is 4.79 Å². The van der Waals surface area contributed by atoms with E-state index in [0.717, 1.165) is 17.5 Å². The fourth-order valence-corrected chi connectivity index (χ4v) is 1.99. The van der Waals surface area contributed by atoms with Gasteiger partial charge in [0.05, 0.1) is 0 Å². The number of carboxylic acids is 1. The van der Waals surface area contributed by atoms with Crippen LogP contribution < -0.4 is 0 Å². The molecule has 0 unspecified atom stereocenters. The largest absolute Gasteiger partial charge is 0.478 e. The fraction of sp³-hybridized carbons (Fsp3) is 0.176. The van der Waals surface area contributed by atoms with Gasteiger partial charge in [0.2, 0.25) is 0 Å². The predicted molar refractivity (Wildman–Crippen MR) is 79.4 cm³/mol. The Morgan fingerprint density at radius 3 is 2.50 bits per heavy atom. The number of aliphatic carboxylic acids is 1. The van der Waals surface area contributed by atoms with Gasteiger partial charge in [0.25, 0.3) is 0 Å². The first-order chi connectivity index (χ1) is 9.69. The molecule has 1 heterocycles. The summed E-state index contributed by atoms with van der Waals surface area (Å²) in [6.45, 7) is 1.84.